The number of rotatable bonds is 1. The Morgan fingerprint density at radius 1 is 1.18 bits per heavy atom. The summed E-state index contributed by atoms with van der Waals surface area (Å²) in [5.41, 5.74) is 2.34. The maximum absolute atomic E-state index is 11.4. The van der Waals surface area contributed by atoms with Gasteiger partial charge in [0.1, 0.15) is 11.3 Å². The van der Waals surface area contributed by atoms with Gasteiger partial charge < -0.3 is 9.15 Å². The number of benzene rings is 1. The standard InChI is InChI=1S/C12H12O3.C2H6/c1-7-4-10(12(13)14-3)6-9-5-8(2)15-11(7)9;1-2/h4-6H,1-3H3;1-2H3. The first-order valence-electron chi connectivity index (χ1n) is 5.71. The fourth-order valence-electron chi connectivity index (χ4n) is 1.69. The Kier molecular flexibility index (Phi) is 4.32. The van der Waals surface area contributed by atoms with Crippen molar-refractivity contribution in [2.24, 2.45) is 0 Å². The van der Waals surface area contributed by atoms with Crippen LogP contribution in [0.3, 0.4) is 0 Å². The van der Waals surface area contributed by atoms with Crippen molar-refractivity contribution in [1.29, 1.82) is 0 Å². The number of hydrogen-bond donors (Lipinski definition) is 0. The minimum Gasteiger partial charge on any atom is -0.465 e. The summed E-state index contributed by atoms with van der Waals surface area (Å²) in [6.07, 6.45) is 0. The molecule has 0 N–H and O–H groups in total. The van der Waals surface area contributed by atoms with Gasteiger partial charge in [0.05, 0.1) is 12.7 Å². The quantitative estimate of drug-likeness (QED) is 0.703. The van der Waals surface area contributed by atoms with Crippen molar-refractivity contribution < 1.29 is 13.9 Å². The number of carbonyl (C=O) groups is 1. The molecular weight excluding hydrogens is 216 g/mol. The number of furan rings is 1. The van der Waals surface area contributed by atoms with Gasteiger partial charge >= 0.3 is 5.97 Å². The lowest BCUT2D eigenvalue weighted by atomic mass is 10.1. The predicted octanol–water partition coefficient (Wildman–Crippen LogP) is 3.86. The zero-order valence-electron chi connectivity index (χ0n) is 11.0. The van der Waals surface area contributed by atoms with Crippen molar-refractivity contribution in [3.8, 4) is 0 Å². The molecule has 2 rings (SSSR count). The van der Waals surface area contributed by atoms with Crippen LogP contribution in [0.2, 0.25) is 0 Å². The zero-order chi connectivity index (χ0) is 13.0. The first-order valence-corrected chi connectivity index (χ1v) is 5.71. The number of ether oxygens (including phenoxy) is 1. The molecule has 0 aliphatic heterocycles. The van der Waals surface area contributed by atoms with E-state index in [4.69, 9.17) is 4.42 Å². The summed E-state index contributed by atoms with van der Waals surface area (Å²) >= 11 is 0. The van der Waals surface area contributed by atoms with Crippen LogP contribution in [0.15, 0.2) is 22.6 Å². The molecule has 92 valence electrons. The average molecular weight is 234 g/mol. The molecular formula is C14H18O3. The maximum atomic E-state index is 11.4. The summed E-state index contributed by atoms with van der Waals surface area (Å²) in [7, 11) is 1.38. The highest BCUT2D eigenvalue weighted by Crippen LogP contribution is 2.24. The van der Waals surface area contributed by atoms with Crippen molar-refractivity contribution in [3.63, 3.8) is 0 Å². The highest BCUT2D eigenvalue weighted by molar-refractivity contribution is 5.95. The van der Waals surface area contributed by atoms with E-state index >= 15 is 0 Å². The molecule has 3 heteroatoms. The summed E-state index contributed by atoms with van der Waals surface area (Å²) in [5.74, 6) is 0.522. The Balaban J connectivity index is 0.000000686. The van der Waals surface area contributed by atoms with Gasteiger partial charge in [0, 0.05) is 5.39 Å². The highest BCUT2D eigenvalue weighted by Gasteiger charge is 2.10. The normalized spacial score (nSPS) is 9.71. The Morgan fingerprint density at radius 2 is 1.82 bits per heavy atom. The molecule has 17 heavy (non-hydrogen) atoms. The summed E-state index contributed by atoms with van der Waals surface area (Å²) in [6, 6.07) is 5.47. The molecule has 0 amide bonds. The van der Waals surface area contributed by atoms with Crippen molar-refractivity contribution >= 4 is 16.9 Å². The number of aryl methyl sites for hydroxylation is 2. The van der Waals surface area contributed by atoms with Gasteiger partial charge in [-0.1, -0.05) is 13.8 Å². The second-order valence-corrected chi connectivity index (χ2v) is 3.56. The largest absolute Gasteiger partial charge is 0.465 e. The second kappa shape index (κ2) is 5.53. The Morgan fingerprint density at radius 3 is 2.41 bits per heavy atom. The van der Waals surface area contributed by atoms with Gasteiger partial charge in [-0.05, 0) is 37.6 Å². The molecule has 1 aromatic carbocycles. The number of methoxy groups -OCH3 is 1. The third-order valence-corrected chi connectivity index (χ3v) is 2.35. The lowest BCUT2D eigenvalue weighted by Gasteiger charge is -2.01. The second-order valence-electron chi connectivity index (χ2n) is 3.56. The molecule has 1 heterocycles. The number of carbonyl (C=O) groups excluding carboxylic acids is 1. The third-order valence-electron chi connectivity index (χ3n) is 2.35. The molecule has 0 saturated carbocycles. The summed E-state index contributed by atoms with van der Waals surface area (Å²) in [4.78, 5) is 11.4. The Bertz CT molecular complexity index is 523. The van der Waals surface area contributed by atoms with E-state index in [1.54, 1.807) is 12.1 Å². The number of fused-ring (bicyclic) bond motifs is 1. The topological polar surface area (TPSA) is 39.4 Å². The van der Waals surface area contributed by atoms with Crippen molar-refractivity contribution in [2.45, 2.75) is 27.7 Å². The van der Waals surface area contributed by atoms with Crippen molar-refractivity contribution in [3.05, 3.63) is 35.1 Å². The van der Waals surface area contributed by atoms with Crippen LogP contribution in [0.25, 0.3) is 11.0 Å². The SMILES string of the molecule is CC.COC(=O)c1cc(C)c2oc(C)cc2c1. The molecule has 0 saturated heterocycles. The Labute approximate surface area is 101 Å². The van der Waals surface area contributed by atoms with E-state index in [0.29, 0.717) is 5.56 Å². The molecule has 1 aromatic heterocycles. The van der Waals surface area contributed by atoms with Crippen molar-refractivity contribution in [1.82, 2.24) is 0 Å². The van der Waals surface area contributed by atoms with E-state index in [0.717, 1.165) is 22.3 Å². The fraction of sp³-hybridized carbons (Fsp3) is 0.357. The molecule has 0 fully saturated rings. The molecule has 0 aliphatic carbocycles. The predicted molar refractivity (Wildman–Crippen MR) is 68.4 cm³/mol. The van der Waals surface area contributed by atoms with Gasteiger partial charge in [-0.3, -0.25) is 0 Å². The smallest absolute Gasteiger partial charge is 0.337 e. The van der Waals surface area contributed by atoms with Crippen LogP contribution in [0.4, 0.5) is 0 Å². The first-order chi connectivity index (χ1) is 8.11. The molecule has 0 atom stereocenters. The summed E-state index contributed by atoms with van der Waals surface area (Å²) in [5, 5.41) is 0.938. The molecule has 3 nitrogen and oxygen atoms in total. The average Bonchev–Trinajstić information content (AvgIpc) is 2.71. The van der Waals surface area contributed by atoms with Crippen LogP contribution < -0.4 is 0 Å². The lowest BCUT2D eigenvalue weighted by molar-refractivity contribution is 0.0601. The minimum absolute atomic E-state index is 0.321. The highest BCUT2D eigenvalue weighted by atomic mass is 16.5. The van der Waals surface area contributed by atoms with Gasteiger partial charge in [-0.2, -0.15) is 0 Å². The van der Waals surface area contributed by atoms with Crippen LogP contribution in [-0.2, 0) is 4.74 Å². The van der Waals surface area contributed by atoms with Gasteiger partial charge in [-0.25, -0.2) is 4.79 Å². The number of esters is 1. The van der Waals surface area contributed by atoms with E-state index in [1.807, 2.05) is 33.8 Å². The van der Waals surface area contributed by atoms with Gasteiger partial charge in [0.15, 0.2) is 0 Å². The summed E-state index contributed by atoms with van der Waals surface area (Å²) < 4.78 is 10.2. The zero-order valence-corrected chi connectivity index (χ0v) is 11.0. The van der Waals surface area contributed by atoms with Gasteiger partial charge in [-0.15, -0.1) is 0 Å². The molecule has 2 aromatic rings. The molecule has 0 radical (unpaired) electrons. The van der Waals surface area contributed by atoms with E-state index < -0.39 is 0 Å². The first kappa shape index (κ1) is 13.3. The van der Waals surface area contributed by atoms with E-state index in [1.165, 1.54) is 7.11 Å². The van der Waals surface area contributed by atoms with Gasteiger partial charge in [0.25, 0.3) is 0 Å². The van der Waals surface area contributed by atoms with E-state index in [2.05, 4.69) is 4.74 Å². The van der Waals surface area contributed by atoms with Crippen LogP contribution >= 0.6 is 0 Å². The van der Waals surface area contributed by atoms with Crippen LogP contribution in [0.1, 0.15) is 35.5 Å². The molecule has 0 aliphatic rings. The minimum atomic E-state index is -0.321. The molecule has 0 bridgehead atoms. The maximum Gasteiger partial charge on any atom is 0.337 e. The van der Waals surface area contributed by atoms with Crippen molar-refractivity contribution in [2.75, 3.05) is 7.11 Å². The van der Waals surface area contributed by atoms with Crippen LogP contribution in [0, 0.1) is 13.8 Å². The number of hydrogen-bond acceptors (Lipinski definition) is 3. The van der Waals surface area contributed by atoms with Crippen LogP contribution in [0.5, 0.6) is 0 Å². The monoisotopic (exact) mass is 234 g/mol. The van der Waals surface area contributed by atoms with Crippen LogP contribution in [-0.4, -0.2) is 13.1 Å². The molecule has 0 spiro atoms. The van der Waals surface area contributed by atoms with E-state index in [-0.39, 0.29) is 5.97 Å². The lowest BCUT2D eigenvalue weighted by Crippen LogP contribution is -2.01. The fourth-order valence-corrected chi connectivity index (χ4v) is 1.69. The Hall–Kier alpha value is -1.77. The van der Waals surface area contributed by atoms with Gasteiger partial charge in [0.2, 0.25) is 0 Å². The van der Waals surface area contributed by atoms with E-state index in [9.17, 15) is 4.79 Å². The third kappa shape index (κ3) is 2.67. The summed E-state index contributed by atoms with van der Waals surface area (Å²) in [6.45, 7) is 7.80. The molecule has 0 unspecified atom stereocenters.